The summed E-state index contributed by atoms with van der Waals surface area (Å²) in [7, 11) is 0. The second kappa shape index (κ2) is 21.2. The van der Waals surface area contributed by atoms with E-state index in [4.69, 9.17) is 4.42 Å². The van der Waals surface area contributed by atoms with Crippen molar-refractivity contribution in [1.82, 2.24) is 0 Å². The highest BCUT2D eigenvalue weighted by Gasteiger charge is 2.45. The van der Waals surface area contributed by atoms with Gasteiger partial charge in [-0.1, -0.05) is 202 Å². The fraction of sp³-hybridized carbons (Fsp3) is 0.214. The van der Waals surface area contributed by atoms with Crippen molar-refractivity contribution in [3.63, 3.8) is 0 Å². The molecule has 12 aromatic rings. The first kappa shape index (κ1) is 57.4. The van der Waals surface area contributed by atoms with E-state index < -0.39 is 0 Å². The summed E-state index contributed by atoms with van der Waals surface area (Å²) in [6, 6.07) is 80.8. The number of anilines is 9. The van der Waals surface area contributed by atoms with Crippen LogP contribution >= 0.6 is 0 Å². The molecule has 0 amide bonds. The number of nitrogens with zero attached hydrogens (tertiary/aromatic N) is 3. The van der Waals surface area contributed by atoms with E-state index in [0.717, 1.165) is 61.5 Å². The van der Waals surface area contributed by atoms with E-state index in [2.05, 4.69) is 331 Å². The summed E-state index contributed by atoms with van der Waals surface area (Å²) >= 11 is 0. The molecule has 2 aliphatic heterocycles. The van der Waals surface area contributed by atoms with E-state index in [1.165, 1.54) is 111 Å². The number of benzene rings is 11. The maximum atomic E-state index is 6.68. The van der Waals surface area contributed by atoms with Gasteiger partial charge in [-0.2, -0.15) is 0 Å². The van der Waals surface area contributed by atoms with Gasteiger partial charge in [-0.3, -0.25) is 0 Å². The van der Waals surface area contributed by atoms with Gasteiger partial charge in [0.05, 0.1) is 5.69 Å². The molecule has 89 heavy (non-hydrogen) atoms. The average Bonchev–Trinajstić information content (AvgIpc) is 1.16. The van der Waals surface area contributed by atoms with Crippen molar-refractivity contribution in [2.75, 3.05) is 14.7 Å². The molecular formula is C84H80BN3O. The summed E-state index contributed by atoms with van der Waals surface area (Å²) < 4.78 is 6.68. The number of hydrogen-bond acceptors (Lipinski definition) is 4. The Bertz CT molecular complexity index is 4730. The normalized spacial score (nSPS) is 13.0. The fourth-order valence-electron chi connectivity index (χ4n) is 14.6. The first-order chi connectivity index (χ1) is 42.5. The molecule has 0 fully saturated rings. The van der Waals surface area contributed by atoms with Crippen molar-refractivity contribution >= 4 is 96.2 Å². The number of furan rings is 1. The van der Waals surface area contributed by atoms with Gasteiger partial charge in [-0.05, 0) is 225 Å². The topological polar surface area (TPSA) is 22.9 Å². The minimum Gasteiger partial charge on any atom is -0.455 e. The van der Waals surface area contributed by atoms with Crippen LogP contribution in [0.4, 0.5) is 51.2 Å². The fourth-order valence-corrected chi connectivity index (χ4v) is 14.6. The Morgan fingerprint density at radius 1 is 0.360 bits per heavy atom. The van der Waals surface area contributed by atoms with Gasteiger partial charge in [-0.15, -0.1) is 0 Å². The van der Waals surface area contributed by atoms with Crippen LogP contribution in [0.25, 0.3) is 55.3 Å². The molecule has 0 atom stereocenters. The van der Waals surface area contributed by atoms with Crippen molar-refractivity contribution in [1.29, 1.82) is 0 Å². The number of para-hydroxylation sites is 2. The van der Waals surface area contributed by atoms with Crippen LogP contribution in [0, 0.1) is 41.5 Å². The van der Waals surface area contributed by atoms with Gasteiger partial charge in [-0.25, -0.2) is 0 Å². The summed E-state index contributed by atoms with van der Waals surface area (Å²) in [5.74, 6) is 0. The predicted octanol–water partition coefficient (Wildman–Crippen LogP) is 21.9. The van der Waals surface area contributed by atoms with Crippen molar-refractivity contribution in [3.05, 3.63) is 262 Å². The van der Waals surface area contributed by atoms with Gasteiger partial charge in [0, 0.05) is 61.8 Å². The van der Waals surface area contributed by atoms with Crippen LogP contribution in [-0.4, -0.2) is 6.71 Å². The van der Waals surface area contributed by atoms with Crippen LogP contribution in [0.15, 0.2) is 217 Å². The van der Waals surface area contributed by atoms with Crippen LogP contribution in [0.1, 0.15) is 112 Å². The SMILES string of the molecule is Cc1cccc(C)c1-c1ccc(N2c3ccc(-c4c(C)cccc4C)cc3B3c4ccc(N(c5ccc(C(C)(C)C)cc5)c5c(C)cc(C(C)(C)C)cc5C)cc4N(c4ccc(-c5cccc6c5oc5ccccc56)cc4)c4cc(C(C)(C)C)cc2c43)cc1. The van der Waals surface area contributed by atoms with Crippen molar-refractivity contribution in [3.8, 4) is 33.4 Å². The molecule has 11 aromatic carbocycles. The average molecular weight is 1160 g/mol. The van der Waals surface area contributed by atoms with Gasteiger partial charge < -0.3 is 19.1 Å². The smallest absolute Gasteiger partial charge is 0.252 e. The Morgan fingerprint density at radius 3 is 1.44 bits per heavy atom. The third kappa shape index (κ3) is 9.76. The molecular weight excluding hydrogens is 1080 g/mol. The second-order valence-corrected chi connectivity index (χ2v) is 28.5. The lowest BCUT2D eigenvalue weighted by Crippen LogP contribution is -2.61. The number of rotatable bonds is 8. The summed E-state index contributed by atoms with van der Waals surface area (Å²) in [5, 5.41) is 2.25. The maximum absolute atomic E-state index is 6.68. The molecule has 2 aliphatic rings. The van der Waals surface area contributed by atoms with Crippen LogP contribution in [0.2, 0.25) is 0 Å². The van der Waals surface area contributed by atoms with Gasteiger partial charge in [0.15, 0.2) is 0 Å². The highest BCUT2D eigenvalue weighted by Crippen LogP contribution is 2.50. The van der Waals surface area contributed by atoms with Gasteiger partial charge in [0.1, 0.15) is 11.2 Å². The summed E-state index contributed by atoms with van der Waals surface area (Å²) in [6.45, 7) is 34.4. The van der Waals surface area contributed by atoms with E-state index in [1.807, 2.05) is 0 Å². The lowest BCUT2D eigenvalue weighted by atomic mass is 9.33. The van der Waals surface area contributed by atoms with Gasteiger partial charge >= 0.3 is 0 Å². The third-order valence-electron chi connectivity index (χ3n) is 19.3. The molecule has 0 saturated heterocycles. The molecule has 0 spiro atoms. The first-order valence-electron chi connectivity index (χ1n) is 31.8. The van der Waals surface area contributed by atoms with Crippen LogP contribution < -0.4 is 31.1 Å². The molecule has 0 bridgehead atoms. The highest BCUT2D eigenvalue weighted by molar-refractivity contribution is 7.00. The van der Waals surface area contributed by atoms with Gasteiger partial charge in [0.25, 0.3) is 6.71 Å². The third-order valence-corrected chi connectivity index (χ3v) is 19.3. The number of fused-ring (bicyclic) bond motifs is 7. The van der Waals surface area contributed by atoms with Crippen molar-refractivity contribution < 1.29 is 4.42 Å². The van der Waals surface area contributed by atoms with E-state index in [1.54, 1.807) is 0 Å². The number of hydrogen-bond donors (Lipinski definition) is 0. The lowest BCUT2D eigenvalue weighted by molar-refractivity contribution is 0.589. The molecule has 3 heterocycles. The summed E-state index contributed by atoms with van der Waals surface area (Å²) in [6.07, 6.45) is 0. The second-order valence-electron chi connectivity index (χ2n) is 28.5. The van der Waals surface area contributed by atoms with E-state index in [9.17, 15) is 0 Å². The quantitative estimate of drug-likeness (QED) is 0.141. The Balaban J connectivity index is 1.05. The molecule has 4 nitrogen and oxygen atoms in total. The molecule has 0 aliphatic carbocycles. The summed E-state index contributed by atoms with van der Waals surface area (Å²) in [5.41, 5.74) is 34.4. The van der Waals surface area contributed by atoms with E-state index in [0.29, 0.717) is 0 Å². The molecule has 0 N–H and O–H groups in total. The Morgan fingerprint density at radius 2 is 0.854 bits per heavy atom. The molecule has 440 valence electrons. The zero-order chi connectivity index (χ0) is 62.2. The predicted molar refractivity (Wildman–Crippen MR) is 383 cm³/mol. The molecule has 14 rings (SSSR count). The van der Waals surface area contributed by atoms with Crippen LogP contribution in [0.3, 0.4) is 0 Å². The van der Waals surface area contributed by atoms with E-state index >= 15 is 0 Å². The molecule has 5 heteroatoms. The molecule has 1 aromatic heterocycles. The maximum Gasteiger partial charge on any atom is 0.252 e. The van der Waals surface area contributed by atoms with Crippen LogP contribution in [0.5, 0.6) is 0 Å². The van der Waals surface area contributed by atoms with Crippen molar-refractivity contribution in [2.24, 2.45) is 0 Å². The Kier molecular flexibility index (Phi) is 13.7. The van der Waals surface area contributed by atoms with E-state index in [-0.39, 0.29) is 23.0 Å². The molecule has 0 unspecified atom stereocenters. The van der Waals surface area contributed by atoms with Crippen LogP contribution in [-0.2, 0) is 16.2 Å². The largest absolute Gasteiger partial charge is 0.455 e. The Labute approximate surface area is 528 Å². The number of aryl methyl sites for hydroxylation is 6. The minimum absolute atomic E-state index is 0.00431. The van der Waals surface area contributed by atoms with Crippen molar-refractivity contribution in [2.45, 2.75) is 120 Å². The first-order valence-corrected chi connectivity index (χ1v) is 31.8. The van der Waals surface area contributed by atoms with Gasteiger partial charge in [0.2, 0.25) is 0 Å². The minimum atomic E-state index is -0.210. The Hall–Kier alpha value is -9.32. The molecule has 0 radical (unpaired) electrons. The molecule has 0 saturated carbocycles. The standard InChI is InChI=1S/C84H80BN3O/c1-51-21-18-22-52(2)77(51)58-31-38-64(39-32-58)87-72-44-33-59(78-53(3)23-19-24-54(78)4)47-71(72)85-70-43-42-66(86(63-40-34-60(35-41-63)82(7,8)9)80-55(5)45-61(46-56(80)6)83(10,11)12)50-73(70)88(75-49-62(84(13,14)15)48-74(87)79(75)85)65-36-29-57(30-37-65)67-26-20-27-69-68-25-16-17-28-76(68)89-81(67)69/h16-50H,1-15H3. The lowest BCUT2D eigenvalue weighted by Gasteiger charge is -2.45. The highest BCUT2D eigenvalue weighted by atomic mass is 16.3. The summed E-state index contributed by atoms with van der Waals surface area (Å²) in [4.78, 5) is 7.71. The monoisotopic (exact) mass is 1160 g/mol. The zero-order valence-electron chi connectivity index (χ0n) is 54.5. The zero-order valence-corrected chi connectivity index (χ0v) is 54.5.